The highest BCUT2D eigenvalue weighted by Gasteiger charge is 2.38. The topological polar surface area (TPSA) is 133 Å². The van der Waals surface area contributed by atoms with E-state index in [4.69, 9.17) is 37.8 Å². The highest BCUT2D eigenvalue weighted by molar-refractivity contribution is 6.35. The van der Waals surface area contributed by atoms with Crippen LogP contribution >= 0.6 is 23.2 Å². The number of rotatable bonds is 7. The van der Waals surface area contributed by atoms with Crippen molar-refractivity contribution < 1.29 is 37.4 Å². The second-order valence-corrected chi connectivity index (χ2v) is 8.69. The molecule has 38 heavy (non-hydrogen) atoms. The number of benzene rings is 1. The number of pyridine rings is 1. The van der Waals surface area contributed by atoms with Crippen molar-refractivity contribution >= 4 is 46.8 Å². The van der Waals surface area contributed by atoms with Gasteiger partial charge in [0.1, 0.15) is 5.02 Å². The van der Waals surface area contributed by atoms with Gasteiger partial charge in [0.25, 0.3) is 5.91 Å². The molecule has 1 aliphatic rings. The van der Waals surface area contributed by atoms with E-state index in [1.165, 1.54) is 12.3 Å². The number of aromatic nitrogens is 1. The number of amides is 3. The number of alkyl halides is 3. The van der Waals surface area contributed by atoms with E-state index >= 15 is 0 Å². The number of carbonyl (C=O) groups excluding carboxylic acids is 2. The van der Waals surface area contributed by atoms with Crippen LogP contribution < -0.4 is 20.7 Å². The van der Waals surface area contributed by atoms with Crippen LogP contribution in [0.25, 0.3) is 0 Å². The molecule has 0 bridgehead atoms. The number of nitrogens with zero attached hydrogens (tertiary/aromatic N) is 2. The minimum Gasteiger partial charge on any atom is -0.475 e. The summed E-state index contributed by atoms with van der Waals surface area (Å²) in [7, 11) is 0. The second kappa shape index (κ2) is 14.6. The SMILES string of the molecule is CC[C@@H](Oc1ncc(Cl)cc1Cl)C(=O)NCc1cccc(NC(=O)N2CCNCC2)c1.O=C(O)C(F)(F)F. The van der Waals surface area contributed by atoms with Crippen molar-refractivity contribution in [3.63, 3.8) is 0 Å². The van der Waals surface area contributed by atoms with Crippen LogP contribution in [-0.4, -0.2) is 71.4 Å². The summed E-state index contributed by atoms with van der Waals surface area (Å²) in [6, 6.07) is 8.74. The number of hydrogen-bond donors (Lipinski definition) is 4. The molecule has 2 aromatic rings. The lowest BCUT2D eigenvalue weighted by atomic mass is 10.2. The molecule has 1 saturated heterocycles. The van der Waals surface area contributed by atoms with Crippen molar-refractivity contribution in [2.24, 2.45) is 0 Å². The lowest BCUT2D eigenvalue weighted by Crippen LogP contribution is -2.48. The number of hydrogen-bond acceptors (Lipinski definition) is 6. The Hall–Kier alpha value is -3.29. The van der Waals surface area contributed by atoms with Crippen LogP contribution in [0.3, 0.4) is 0 Å². The molecule has 1 aliphatic heterocycles. The van der Waals surface area contributed by atoms with Crippen LogP contribution in [0.4, 0.5) is 23.7 Å². The molecule has 1 atom stereocenters. The van der Waals surface area contributed by atoms with Crippen molar-refractivity contribution in [3.8, 4) is 5.88 Å². The molecule has 15 heteroatoms. The standard InChI is InChI=1S/C21H25Cl2N5O3.C2HF3O2/c1-2-18(31-20-17(23)11-15(22)13-26-20)19(29)25-12-14-4-3-5-16(10-14)27-21(30)28-8-6-24-7-9-28;3-2(4,5)1(6)7/h3-5,10-11,13,18,24H,2,6-9,12H2,1H3,(H,25,29)(H,27,30);(H,6,7)/t18-;/m1./s1. The molecular weight excluding hydrogens is 554 g/mol. The Morgan fingerprint density at radius 2 is 1.87 bits per heavy atom. The van der Waals surface area contributed by atoms with Gasteiger partial charge in [-0.05, 0) is 30.2 Å². The predicted octanol–water partition coefficient (Wildman–Crippen LogP) is 3.93. The Balaban J connectivity index is 0.000000638. The Kier molecular flexibility index (Phi) is 11.9. The van der Waals surface area contributed by atoms with E-state index in [1.54, 1.807) is 4.90 Å². The highest BCUT2D eigenvalue weighted by atomic mass is 35.5. The maximum atomic E-state index is 12.6. The largest absolute Gasteiger partial charge is 0.490 e. The molecule has 1 aromatic heterocycles. The number of nitrogens with one attached hydrogen (secondary N) is 3. The molecule has 0 aliphatic carbocycles. The van der Waals surface area contributed by atoms with E-state index in [1.807, 2.05) is 31.2 Å². The quantitative estimate of drug-likeness (QED) is 0.390. The molecule has 0 spiro atoms. The molecule has 0 unspecified atom stereocenters. The molecule has 1 fully saturated rings. The number of urea groups is 1. The third-order valence-corrected chi connectivity index (χ3v) is 5.46. The summed E-state index contributed by atoms with van der Waals surface area (Å²) in [6.07, 6.45) is -3.98. The summed E-state index contributed by atoms with van der Waals surface area (Å²) < 4.78 is 37.4. The van der Waals surface area contributed by atoms with Gasteiger partial charge < -0.3 is 30.7 Å². The van der Waals surface area contributed by atoms with Gasteiger partial charge in [-0.25, -0.2) is 14.6 Å². The zero-order valence-corrected chi connectivity index (χ0v) is 21.7. The monoisotopic (exact) mass is 579 g/mol. The smallest absolute Gasteiger partial charge is 0.475 e. The predicted molar refractivity (Wildman–Crippen MR) is 134 cm³/mol. The van der Waals surface area contributed by atoms with E-state index in [9.17, 15) is 22.8 Å². The molecule has 10 nitrogen and oxygen atoms in total. The van der Waals surface area contributed by atoms with Crippen LogP contribution in [0.5, 0.6) is 5.88 Å². The third kappa shape index (κ3) is 10.2. The van der Waals surface area contributed by atoms with Gasteiger partial charge in [-0.2, -0.15) is 13.2 Å². The normalized spacial score (nSPS) is 14.0. The maximum Gasteiger partial charge on any atom is 0.490 e. The molecular formula is C23H26Cl2F3N5O5. The van der Waals surface area contributed by atoms with Gasteiger partial charge in [0, 0.05) is 44.6 Å². The van der Waals surface area contributed by atoms with Gasteiger partial charge in [-0.15, -0.1) is 0 Å². The van der Waals surface area contributed by atoms with Gasteiger partial charge in [0.05, 0.1) is 5.02 Å². The summed E-state index contributed by atoms with van der Waals surface area (Å²) in [5, 5.41) is 16.7. The lowest BCUT2D eigenvalue weighted by molar-refractivity contribution is -0.192. The highest BCUT2D eigenvalue weighted by Crippen LogP contribution is 2.26. The van der Waals surface area contributed by atoms with Crippen LogP contribution in [0.15, 0.2) is 36.5 Å². The van der Waals surface area contributed by atoms with Crippen molar-refractivity contribution in [1.29, 1.82) is 0 Å². The van der Waals surface area contributed by atoms with E-state index in [-0.39, 0.29) is 29.4 Å². The maximum absolute atomic E-state index is 12.6. The molecule has 3 amide bonds. The Morgan fingerprint density at radius 1 is 1.21 bits per heavy atom. The first-order chi connectivity index (χ1) is 17.9. The molecule has 1 aromatic carbocycles. The number of ether oxygens (including phenoxy) is 1. The summed E-state index contributed by atoms with van der Waals surface area (Å²) in [5.41, 5.74) is 1.53. The number of aliphatic carboxylic acids is 1. The van der Waals surface area contributed by atoms with E-state index in [0.717, 1.165) is 18.7 Å². The third-order valence-electron chi connectivity index (χ3n) is 4.98. The lowest BCUT2D eigenvalue weighted by Gasteiger charge is -2.27. The molecule has 4 N–H and O–H groups in total. The number of carbonyl (C=O) groups is 3. The summed E-state index contributed by atoms with van der Waals surface area (Å²) in [4.78, 5) is 39.6. The minimum atomic E-state index is -5.08. The Labute approximate surface area is 226 Å². The molecule has 3 rings (SSSR count). The average Bonchev–Trinajstić information content (AvgIpc) is 2.87. The molecule has 2 heterocycles. The van der Waals surface area contributed by atoms with Gasteiger partial charge in [-0.1, -0.05) is 42.3 Å². The first-order valence-corrected chi connectivity index (χ1v) is 12.1. The fraction of sp³-hybridized carbons (Fsp3) is 0.391. The first kappa shape index (κ1) is 30.9. The van der Waals surface area contributed by atoms with Crippen molar-refractivity contribution in [3.05, 3.63) is 52.1 Å². The second-order valence-electron chi connectivity index (χ2n) is 7.84. The van der Waals surface area contributed by atoms with Gasteiger partial charge in [0.15, 0.2) is 6.10 Å². The number of anilines is 1. The fourth-order valence-electron chi connectivity index (χ4n) is 3.08. The van der Waals surface area contributed by atoms with Gasteiger partial charge in [-0.3, -0.25) is 4.79 Å². The van der Waals surface area contributed by atoms with E-state index < -0.39 is 18.2 Å². The Morgan fingerprint density at radius 3 is 2.45 bits per heavy atom. The summed E-state index contributed by atoms with van der Waals surface area (Å²) >= 11 is 11.9. The van der Waals surface area contributed by atoms with E-state index in [0.29, 0.717) is 30.2 Å². The van der Waals surface area contributed by atoms with E-state index in [2.05, 4.69) is 20.9 Å². The van der Waals surface area contributed by atoms with Crippen molar-refractivity contribution in [2.45, 2.75) is 32.2 Å². The van der Waals surface area contributed by atoms with Gasteiger partial charge >= 0.3 is 18.2 Å². The summed E-state index contributed by atoms with van der Waals surface area (Å²) in [6.45, 7) is 5.05. The number of halogens is 5. The molecule has 0 radical (unpaired) electrons. The fourth-order valence-corrected chi connectivity index (χ4v) is 3.50. The van der Waals surface area contributed by atoms with Crippen molar-refractivity contribution in [2.75, 3.05) is 31.5 Å². The zero-order valence-electron chi connectivity index (χ0n) is 20.1. The minimum absolute atomic E-state index is 0.130. The van der Waals surface area contributed by atoms with Gasteiger partial charge in [0.2, 0.25) is 5.88 Å². The van der Waals surface area contributed by atoms with Crippen LogP contribution in [-0.2, 0) is 16.1 Å². The Bertz CT molecular complexity index is 1120. The first-order valence-electron chi connectivity index (χ1n) is 11.3. The molecule has 0 saturated carbocycles. The number of piperazine rings is 1. The number of carboxylic acids is 1. The number of carboxylic acid groups (broad SMARTS) is 1. The van der Waals surface area contributed by atoms with Crippen LogP contribution in [0, 0.1) is 0 Å². The average molecular weight is 580 g/mol. The summed E-state index contributed by atoms with van der Waals surface area (Å²) in [5.74, 6) is -2.89. The van der Waals surface area contributed by atoms with Crippen LogP contribution in [0.1, 0.15) is 18.9 Å². The van der Waals surface area contributed by atoms with Crippen LogP contribution in [0.2, 0.25) is 10.0 Å². The molecule has 208 valence electrons. The zero-order chi connectivity index (χ0) is 28.3. The van der Waals surface area contributed by atoms with Crippen molar-refractivity contribution in [1.82, 2.24) is 20.5 Å².